The van der Waals surface area contributed by atoms with Crippen LogP contribution >= 0.6 is 0 Å². The van der Waals surface area contributed by atoms with Crippen molar-refractivity contribution in [2.45, 2.75) is 39.0 Å². The van der Waals surface area contributed by atoms with E-state index in [2.05, 4.69) is 20.8 Å². The van der Waals surface area contributed by atoms with Crippen molar-refractivity contribution in [3.8, 4) is 11.5 Å². The number of rotatable bonds is 4. The van der Waals surface area contributed by atoms with Gasteiger partial charge in [0.15, 0.2) is 0 Å². The molecule has 1 aromatic rings. The van der Waals surface area contributed by atoms with Crippen LogP contribution < -0.4 is 15.2 Å². The quantitative estimate of drug-likeness (QED) is 0.920. The molecule has 1 aliphatic heterocycles. The van der Waals surface area contributed by atoms with Crippen LogP contribution in [0.3, 0.4) is 0 Å². The molecule has 0 bridgehead atoms. The predicted octanol–water partition coefficient (Wildman–Crippen LogP) is 2.76. The smallest absolute Gasteiger partial charge is 0.127 e. The van der Waals surface area contributed by atoms with Crippen molar-refractivity contribution in [1.82, 2.24) is 0 Å². The van der Waals surface area contributed by atoms with Gasteiger partial charge in [-0.1, -0.05) is 13.0 Å². The number of benzene rings is 1. The lowest BCUT2D eigenvalue weighted by Crippen LogP contribution is -2.31. The number of methoxy groups -OCH3 is 2. The third kappa shape index (κ3) is 2.50. The fourth-order valence-corrected chi connectivity index (χ4v) is 3.31. The van der Waals surface area contributed by atoms with Gasteiger partial charge in [0.1, 0.15) is 11.5 Å². The summed E-state index contributed by atoms with van der Waals surface area (Å²) in [6.07, 6.45) is 0.353. The highest BCUT2D eigenvalue weighted by Gasteiger charge is 2.42. The van der Waals surface area contributed by atoms with Crippen molar-refractivity contribution in [3.63, 3.8) is 0 Å². The second kappa shape index (κ2) is 6.02. The minimum atomic E-state index is -0.170. The second-order valence-electron chi connectivity index (χ2n) is 5.58. The summed E-state index contributed by atoms with van der Waals surface area (Å²) in [6.45, 7) is 6.39. The summed E-state index contributed by atoms with van der Waals surface area (Å²) >= 11 is 0. The minimum Gasteiger partial charge on any atom is -0.496 e. The molecule has 5 atom stereocenters. The first-order valence-electron chi connectivity index (χ1n) is 7.13. The predicted molar refractivity (Wildman–Crippen MR) is 79.1 cm³/mol. The Morgan fingerprint density at radius 2 is 1.60 bits per heavy atom. The molecule has 2 rings (SSSR count). The molecule has 4 nitrogen and oxygen atoms in total. The van der Waals surface area contributed by atoms with Crippen LogP contribution in [0.2, 0.25) is 0 Å². The van der Waals surface area contributed by atoms with Gasteiger partial charge in [-0.3, -0.25) is 0 Å². The lowest BCUT2D eigenvalue weighted by molar-refractivity contribution is 0.0488. The summed E-state index contributed by atoms with van der Waals surface area (Å²) in [5.41, 5.74) is 7.49. The zero-order valence-corrected chi connectivity index (χ0v) is 12.9. The Labute approximate surface area is 121 Å². The van der Waals surface area contributed by atoms with Crippen molar-refractivity contribution in [2.24, 2.45) is 17.6 Å². The van der Waals surface area contributed by atoms with E-state index in [4.69, 9.17) is 19.9 Å². The second-order valence-corrected chi connectivity index (χ2v) is 5.58. The van der Waals surface area contributed by atoms with Crippen molar-refractivity contribution >= 4 is 0 Å². The van der Waals surface area contributed by atoms with Crippen LogP contribution in [0.15, 0.2) is 18.2 Å². The molecular formula is C16H25NO3. The standard InChI is InChI=1S/C16H25NO3/c1-9-10(2)20-11(3)14(9)16(17)15-12(18-4)7-6-8-13(15)19-5/h6-11,14,16H,17H2,1-5H3. The molecule has 20 heavy (non-hydrogen) atoms. The number of nitrogens with two attached hydrogens (primary N) is 1. The van der Waals surface area contributed by atoms with E-state index in [9.17, 15) is 0 Å². The topological polar surface area (TPSA) is 53.7 Å². The van der Waals surface area contributed by atoms with E-state index < -0.39 is 0 Å². The Hall–Kier alpha value is -1.26. The van der Waals surface area contributed by atoms with E-state index in [0.717, 1.165) is 17.1 Å². The molecule has 0 amide bonds. The van der Waals surface area contributed by atoms with Gasteiger partial charge in [-0.05, 0) is 31.9 Å². The van der Waals surface area contributed by atoms with E-state index >= 15 is 0 Å². The van der Waals surface area contributed by atoms with Gasteiger partial charge in [0.25, 0.3) is 0 Å². The zero-order chi connectivity index (χ0) is 14.9. The van der Waals surface area contributed by atoms with Gasteiger partial charge < -0.3 is 19.9 Å². The van der Waals surface area contributed by atoms with Gasteiger partial charge in [0, 0.05) is 12.0 Å². The van der Waals surface area contributed by atoms with Crippen molar-refractivity contribution in [3.05, 3.63) is 23.8 Å². The average Bonchev–Trinajstić information content (AvgIpc) is 2.70. The monoisotopic (exact) mass is 279 g/mol. The van der Waals surface area contributed by atoms with Crippen molar-refractivity contribution < 1.29 is 14.2 Å². The molecular weight excluding hydrogens is 254 g/mol. The summed E-state index contributed by atoms with van der Waals surface area (Å²) in [7, 11) is 3.32. The summed E-state index contributed by atoms with van der Waals surface area (Å²) < 4.78 is 16.8. The number of hydrogen-bond acceptors (Lipinski definition) is 4. The van der Waals surface area contributed by atoms with Crippen LogP contribution in [-0.4, -0.2) is 26.4 Å². The highest BCUT2D eigenvalue weighted by atomic mass is 16.5. The van der Waals surface area contributed by atoms with Crippen LogP contribution in [0.25, 0.3) is 0 Å². The van der Waals surface area contributed by atoms with Gasteiger partial charge in [-0.2, -0.15) is 0 Å². The lowest BCUT2D eigenvalue weighted by atomic mass is 9.80. The summed E-state index contributed by atoms with van der Waals surface area (Å²) in [4.78, 5) is 0. The van der Waals surface area contributed by atoms with E-state index in [1.807, 2.05) is 18.2 Å². The SMILES string of the molecule is COc1cccc(OC)c1C(N)C1C(C)OC(C)C1C. The molecule has 0 saturated carbocycles. The van der Waals surface area contributed by atoms with Gasteiger partial charge >= 0.3 is 0 Å². The molecule has 1 aliphatic rings. The van der Waals surface area contributed by atoms with Crippen LogP contribution in [-0.2, 0) is 4.74 Å². The molecule has 0 radical (unpaired) electrons. The van der Waals surface area contributed by atoms with Gasteiger partial charge in [0.05, 0.1) is 32.0 Å². The molecule has 2 N–H and O–H groups in total. The largest absolute Gasteiger partial charge is 0.496 e. The van der Waals surface area contributed by atoms with Crippen molar-refractivity contribution in [1.29, 1.82) is 0 Å². The molecule has 0 aromatic heterocycles. The molecule has 5 unspecified atom stereocenters. The van der Waals surface area contributed by atoms with Crippen LogP contribution in [0.4, 0.5) is 0 Å². The summed E-state index contributed by atoms with van der Waals surface area (Å²) in [5, 5.41) is 0. The maximum absolute atomic E-state index is 6.56. The Kier molecular flexibility index (Phi) is 4.55. The highest BCUT2D eigenvalue weighted by molar-refractivity contribution is 5.47. The minimum absolute atomic E-state index is 0.129. The normalized spacial score (nSPS) is 31.1. The van der Waals surface area contributed by atoms with Crippen molar-refractivity contribution in [2.75, 3.05) is 14.2 Å². The first-order chi connectivity index (χ1) is 9.51. The maximum atomic E-state index is 6.56. The molecule has 1 heterocycles. The van der Waals surface area contributed by atoms with E-state index in [-0.39, 0.29) is 24.2 Å². The third-order valence-electron chi connectivity index (χ3n) is 4.53. The van der Waals surface area contributed by atoms with Crippen LogP contribution in [0.5, 0.6) is 11.5 Å². The summed E-state index contributed by atoms with van der Waals surface area (Å²) in [6, 6.07) is 5.59. The Balaban J connectivity index is 2.40. The molecule has 1 saturated heterocycles. The number of ether oxygens (including phenoxy) is 3. The lowest BCUT2D eigenvalue weighted by Gasteiger charge is -2.28. The van der Waals surface area contributed by atoms with E-state index in [1.54, 1.807) is 14.2 Å². The fourth-order valence-electron chi connectivity index (χ4n) is 3.31. The van der Waals surface area contributed by atoms with Gasteiger partial charge in [0.2, 0.25) is 0 Å². The summed E-state index contributed by atoms with van der Waals surface area (Å²) in [5.74, 6) is 2.19. The number of hydrogen-bond donors (Lipinski definition) is 1. The average molecular weight is 279 g/mol. The Morgan fingerprint density at radius 1 is 1.05 bits per heavy atom. The van der Waals surface area contributed by atoms with Crippen LogP contribution in [0, 0.1) is 11.8 Å². The molecule has 0 spiro atoms. The van der Waals surface area contributed by atoms with Crippen LogP contribution in [0.1, 0.15) is 32.4 Å². The zero-order valence-electron chi connectivity index (χ0n) is 12.9. The molecule has 0 aliphatic carbocycles. The fraction of sp³-hybridized carbons (Fsp3) is 0.625. The molecule has 1 fully saturated rings. The maximum Gasteiger partial charge on any atom is 0.127 e. The van der Waals surface area contributed by atoms with Gasteiger partial charge in [-0.15, -0.1) is 0 Å². The third-order valence-corrected chi connectivity index (χ3v) is 4.53. The van der Waals surface area contributed by atoms with E-state index in [0.29, 0.717) is 5.92 Å². The molecule has 112 valence electrons. The van der Waals surface area contributed by atoms with Gasteiger partial charge in [-0.25, -0.2) is 0 Å². The Bertz CT molecular complexity index is 441. The highest BCUT2D eigenvalue weighted by Crippen LogP contribution is 2.44. The Morgan fingerprint density at radius 3 is 2.00 bits per heavy atom. The first kappa shape index (κ1) is 15.1. The van der Waals surface area contributed by atoms with E-state index in [1.165, 1.54) is 0 Å². The first-order valence-corrected chi connectivity index (χ1v) is 7.13. The molecule has 1 aromatic carbocycles. The molecule has 4 heteroatoms.